The predicted octanol–water partition coefficient (Wildman–Crippen LogP) is 22.9. The van der Waals surface area contributed by atoms with Crippen molar-refractivity contribution in [3.05, 3.63) is 85.1 Å². The summed E-state index contributed by atoms with van der Waals surface area (Å²) in [7, 11) is 1.48. The van der Waals surface area contributed by atoms with Crippen molar-refractivity contribution in [2.75, 3.05) is 47.5 Å². The molecule has 2 unspecified atom stereocenters. The van der Waals surface area contributed by atoms with Gasteiger partial charge in [-0.2, -0.15) is 0 Å². The van der Waals surface area contributed by atoms with Crippen LogP contribution in [0.5, 0.6) is 0 Å². The van der Waals surface area contributed by atoms with Gasteiger partial charge in [-0.15, -0.1) is 0 Å². The number of hydrogen-bond acceptors (Lipinski definition) is 7. The summed E-state index contributed by atoms with van der Waals surface area (Å²) in [5.41, 5.74) is 0. The summed E-state index contributed by atoms with van der Waals surface area (Å²) in [6.45, 7) is 4.35. The van der Waals surface area contributed by atoms with Crippen molar-refractivity contribution in [3.8, 4) is 0 Å². The van der Waals surface area contributed by atoms with Gasteiger partial charge in [0.25, 0.3) is 0 Å². The fraction of sp³-hybridized carbons (Fsp3) is 0.784. The molecule has 1 N–H and O–H groups in total. The number of carbonyl (C=O) groups is 2. The van der Waals surface area contributed by atoms with Gasteiger partial charge >= 0.3 is 19.8 Å². The molecule has 0 heterocycles. The molecule has 0 bridgehead atoms. The zero-order chi connectivity index (χ0) is 61.2. The fourth-order valence-corrected chi connectivity index (χ4v) is 10.8. The molecule has 0 aromatic heterocycles. The highest BCUT2D eigenvalue weighted by atomic mass is 31.2. The normalized spacial score (nSPS) is 13.6. The Bertz CT molecular complexity index is 1690. The minimum atomic E-state index is -4.39. The number of unbranched alkanes of at least 4 members (excludes halogenated alkanes) is 37. The van der Waals surface area contributed by atoms with E-state index < -0.39 is 26.5 Å². The minimum Gasteiger partial charge on any atom is -0.462 e. The Labute approximate surface area is 520 Å². The number of nitrogens with zero attached hydrogens (tertiary/aromatic N) is 1. The number of hydrogen-bond donors (Lipinski definition) is 1. The zero-order valence-electron chi connectivity index (χ0n) is 55.6. The number of carbonyl (C=O) groups excluding carboxylic acids is 2. The van der Waals surface area contributed by atoms with Crippen LogP contribution in [0.1, 0.15) is 322 Å². The van der Waals surface area contributed by atoms with Crippen molar-refractivity contribution in [3.63, 3.8) is 0 Å². The van der Waals surface area contributed by atoms with E-state index >= 15 is 0 Å². The Hall–Kier alpha value is -2.81. The van der Waals surface area contributed by atoms with Gasteiger partial charge in [-0.05, 0) is 89.9 Å². The van der Waals surface area contributed by atoms with Crippen molar-refractivity contribution in [1.29, 1.82) is 0 Å². The number of allylic oxidation sites excluding steroid dienone is 14. The lowest BCUT2D eigenvalue weighted by Crippen LogP contribution is -2.37. The third-order valence-corrected chi connectivity index (χ3v) is 16.4. The molecule has 0 fully saturated rings. The maximum atomic E-state index is 12.9. The molecule has 84 heavy (non-hydrogen) atoms. The van der Waals surface area contributed by atoms with Gasteiger partial charge in [-0.25, -0.2) is 4.57 Å². The van der Waals surface area contributed by atoms with E-state index in [0.717, 1.165) is 77.0 Å². The first-order chi connectivity index (χ1) is 41.0. The standard InChI is InChI=1S/C74H134NO8P/c1-6-8-10-12-14-16-18-20-22-24-26-28-30-32-34-36-37-39-40-42-44-46-48-50-52-54-56-58-60-62-64-66-73(76)80-70-72(71-82-84(78,79)81-69-68-75(3,4)5)83-74(77)67-65-63-61-59-57-55-53-51-49-47-45-43-41-38-35-33-31-29-27-25-23-21-19-17-15-13-11-9-7-2/h9,11,15,17-18,20-21,23-24,26-27,29,33,35,72H,6-8,10,12-14,16,19,22,25,28,30-32,34,36-71H2,1-5H3/p+1/b11-9-,17-15-,20-18-,23-21-,26-24-,29-27-,35-33-. The van der Waals surface area contributed by atoms with E-state index in [1.165, 1.54) is 212 Å². The van der Waals surface area contributed by atoms with E-state index in [1.54, 1.807) is 0 Å². The lowest BCUT2D eigenvalue weighted by atomic mass is 10.0. The Morgan fingerprint density at radius 2 is 0.679 bits per heavy atom. The van der Waals surface area contributed by atoms with Crippen LogP contribution in [0.3, 0.4) is 0 Å². The molecule has 0 aromatic rings. The lowest BCUT2D eigenvalue weighted by Gasteiger charge is -2.24. The largest absolute Gasteiger partial charge is 0.472 e. The highest BCUT2D eigenvalue weighted by Gasteiger charge is 2.27. The van der Waals surface area contributed by atoms with Crippen LogP contribution in [-0.2, 0) is 32.7 Å². The molecular formula is C74H135NO8P+. The first kappa shape index (κ1) is 81.2. The van der Waals surface area contributed by atoms with Gasteiger partial charge in [-0.3, -0.25) is 18.6 Å². The van der Waals surface area contributed by atoms with Crippen molar-refractivity contribution in [2.45, 2.75) is 328 Å². The van der Waals surface area contributed by atoms with Crippen LogP contribution in [0.2, 0.25) is 0 Å². The summed E-state index contributed by atoms with van der Waals surface area (Å²) < 4.78 is 34.7. The Morgan fingerprint density at radius 1 is 0.381 bits per heavy atom. The van der Waals surface area contributed by atoms with E-state index in [0.29, 0.717) is 17.4 Å². The predicted molar refractivity (Wildman–Crippen MR) is 362 cm³/mol. The SMILES string of the molecule is CC/C=C\C/C=C\C/C=C\C/C=C\C/C=C\CCCCCCCCCCCCCCCC(=O)OC(COC(=O)CCCCCCCCCCCCCCCCCCCCC/C=C\C/C=C\CCCCCCC)COP(=O)(O)OCC[N+](C)(C)C. The number of rotatable bonds is 65. The number of quaternary nitrogens is 1. The van der Waals surface area contributed by atoms with E-state index in [-0.39, 0.29) is 32.0 Å². The van der Waals surface area contributed by atoms with Crippen LogP contribution >= 0.6 is 7.82 Å². The summed E-state index contributed by atoms with van der Waals surface area (Å²) in [5, 5.41) is 0. The molecule has 0 spiro atoms. The summed E-state index contributed by atoms with van der Waals surface area (Å²) in [6.07, 6.45) is 88.3. The second-order valence-electron chi connectivity index (χ2n) is 24.9. The second kappa shape index (κ2) is 64.7. The van der Waals surface area contributed by atoms with E-state index in [1.807, 2.05) is 21.1 Å². The van der Waals surface area contributed by atoms with E-state index in [4.69, 9.17) is 18.5 Å². The van der Waals surface area contributed by atoms with Crippen molar-refractivity contribution >= 4 is 19.8 Å². The van der Waals surface area contributed by atoms with Gasteiger partial charge in [-0.1, -0.05) is 304 Å². The average Bonchev–Trinajstić information content (AvgIpc) is 3.61. The third kappa shape index (κ3) is 68.3. The third-order valence-electron chi connectivity index (χ3n) is 15.4. The quantitative estimate of drug-likeness (QED) is 0.0211. The molecule has 0 saturated carbocycles. The summed E-state index contributed by atoms with van der Waals surface area (Å²) in [5.74, 6) is -0.788. The van der Waals surface area contributed by atoms with Crippen molar-refractivity contribution in [2.24, 2.45) is 0 Å². The van der Waals surface area contributed by atoms with Crippen LogP contribution in [0, 0.1) is 0 Å². The summed E-state index contributed by atoms with van der Waals surface area (Å²) >= 11 is 0. The topological polar surface area (TPSA) is 108 Å². The van der Waals surface area contributed by atoms with Gasteiger partial charge < -0.3 is 18.9 Å². The number of ether oxygens (including phenoxy) is 2. The molecule has 488 valence electrons. The Morgan fingerprint density at radius 3 is 1.01 bits per heavy atom. The monoisotopic (exact) mass is 1200 g/mol. The first-order valence-electron chi connectivity index (χ1n) is 35.3. The van der Waals surface area contributed by atoms with Gasteiger partial charge in [0.2, 0.25) is 0 Å². The Balaban J connectivity index is 4.03. The van der Waals surface area contributed by atoms with Crippen LogP contribution in [0.15, 0.2) is 85.1 Å². The maximum absolute atomic E-state index is 12.9. The zero-order valence-corrected chi connectivity index (χ0v) is 56.5. The Kier molecular flexibility index (Phi) is 62.5. The molecule has 9 nitrogen and oxygen atoms in total. The minimum absolute atomic E-state index is 0.0302. The van der Waals surface area contributed by atoms with Gasteiger partial charge in [0.1, 0.15) is 19.8 Å². The number of phosphoric ester groups is 1. The number of likely N-dealkylation sites (N-methyl/N-ethyl adjacent to an activating group) is 1. The molecule has 0 aliphatic carbocycles. The van der Waals surface area contributed by atoms with Crippen molar-refractivity contribution in [1.82, 2.24) is 0 Å². The molecular weight excluding hydrogens is 1060 g/mol. The van der Waals surface area contributed by atoms with Crippen LogP contribution in [0.4, 0.5) is 0 Å². The molecule has 2 atom stereocenters. The molecule has 0 aliphatic rings. The fourth-order valence-electron chi connectivity index (χ4n) is 10.0. The molecule has 0 aromatic carbocycles. The van der Waals surface area contributed by atoms with Crippen molar-refractivity contribution < 1.29 is 42.1 Å². The summed E-state index contributed by atoms with van der Waals surface area (Å²) in [6, 6.07) is 0. The average molecular weight is 1200 g/mol. The number of esters is 2. The molecule has 0 rings (SSSR count). The van der Waals surface area contributed by atoms with Crippen LogP contribution in [0.25, 0.3) is 0 Å². The van der Waals surface area contributed by atoms with Gasteiger partial charge in [0.05, 0.1) is 27.7 Å². The van der Waals surface area contributed by atoms with Gasteiger partial charge in [0, 0.05) is 12.8 Å². The van der Waals surface area contributed by atoms with E-state index in [2.05, 4.69) is 98.9 Å². The smallest absolute Gasteiger partial charge is 0.462 e. The highest BCUT2D eigenvalue weighted by molar-refractivity contribution is 7.47. The highest BCUT2D eigenvalue weighted by Crippen LogP contribution is 2.43. The first-order valence-corrected chi connectivity index (χ1v) is 36.8. The summed E-state index contributed by atoms with van der Waals surface area (Å²) in [4.78, 5) is 35.9. The maximum Gasteiger partial charge on any atom is 0.472 e. The second-order valence-corrected chi connectivity index (χ2v) is 26.3. The van der Waals surface area contributed by atoms with Crippen LogP contribution in [-0.4, -0.2) is 74.9 Å². The molecule has 0 aliphatic heterocycles. The molecule has 0 radical (unpaired) electrons. The lowest BCUT2D eigenvalue weighted by molar-refractivity contribution is -0.870. The number of phosphoric acid groups is 1. The molecule has 0 amide bonds. The van der Waals surface area contributed by atoms with E-state index in [9.17, 15) is 19.0 Å². The van der Waals surface area contributed by atoms with Crippen LogP contribution < -0.4 is 0 Å². The van der Waals surface area contributed by atoms with Gasteiger partial charge in [0.15, 0.2) is 6.10 Å². The molecule has 0 saturated heterocycles. The molecule has 10 heteroatoms.